The molecule has 0 atom stereocenters. The highest BCUT2D eigenvalue weighted by Gasteiger charge is 2.24. The van der Waals surface area contributed by atoms with E-state index in [2.05, 4.69) is 9.50 Å². The third-order valence-corrected chi connectivity index (χ3v) is 7.51. The lowest BCUT2D eigenvalue weighted by Gasteiger charge is -2.29. The van der Waals surface area contributed by atoms with Crippen LogP contribution in [-0.4, -0.2) is 46.6 Å². The number of ether oxygens (including phenoxy) is 2. The molecular formula is C19H23NO8S2. The van der Waals surface area contributed by atoms with Gasteiger partial charge >= 0.3 is 22.5 Å². The molecule has 0 fully saturated rings. The van der Waals surface area contributed by atoms with Crippen molar-refractivity contribution in [3.05, 3.63) is 60.2 Å². The van der Waals surface area contributed by atoms with Gasteiger partial charge in [0.15, 0.2) is 0 Å². The largest absolute Gasteiger partial charge is 0.445 e. The van der Waals surface area contributed by atoms with E-state index in [1.54, 1.807) is 24.6 Å². The minimum absolute atomic E-state index is 0.0855. The van der Waals surface area contributed by atoms with Gasteiger partial charge in [-0.25, -0.2) is 9.59 Å². The first-order valence-electron chi connectivity index (χ1n) is 8.61. The van der Waals surface area contributed by atoms with Gasteiger partial charge in [-0.15, -0.1) is 0 Å². The molecule has 0 unspecified atom stereocenters. The topological polar surface area (TPSA) is 117 Å². The normalized spacial score (nSPS) is 12.1. The Morgan fingerprint density at radius 2 is 1.60 bits per heavy atom. The summed E-state index contributed by atoms with van der Waals surface area (Å²) in [4.78, 5) is 24.1. The molecule has 0 radical (unpaired) electrons. The second-order valence-corrected chi connectivity index (χ2v) is 10.9. The Morgan fingerprint density at radius 3 is 2.20 bits per heavy atom. The van der Waals surface area contributed by atoms with Gasteiger partial charge in [0.25, 0.3) is 0 Å². The Kier molecular flexibility index (Phi) is 8.24. The molecule has 164 valence electrons. The van der Waals surface area contributed by atoms with Gasteiger partial charge in [-0.1, -0.05) is 40.6 Å². The van der Waals surface area contributed by atoms with Crippen LogP contribution in [0.5, 0.6) is 5.75 Å². The molecule has 0 aliphatic heterocycles. The monoisotopic (exact) mass is 457 g/mol. The van der Waals surface area contributed by atoms with Gasteiger partial charge in [-0.05, 0) is 42.3 Å². The number of amides is 1. The molecule has 0 heterocycles. The van der Waals surface area contributed by atoms with Crippen LogP contribution in [0, 0.1) is 0 Å². The maximum atomic E-state index is 11.9. The molecule has 0 aliphatic carbocycles. The maximum absolute atomic E-state index is 11.9. The summed E-state index contributed by atoms with van der Waals surface area (Å²) in [7, 11) is -5.23. The maximum Gasteiger partial charge on any atom is 0.409 e. The second-order valence-electron chi connectivity index (χ2n) is 6.24. The van der Waals surface area contributed by atoms with Gasteiger partial charge in [0.05, 0.1) is 7.11 Å². The lowest BCUT2D eigenvalue weighted by molar-refractivity contribution is -0.133. The van der Waals surface area contributed by atoms with Crippen LogP contribution in [0.2, 0.25) is 0 Å². The molecule has 0 saturated carbocycles. The van der Waals surface area contributed by atoms with Crippen molar-refractivity contribution in [3.63, 3.8) is 0 Å². The van der Waals surface area contributed by atoms with Crippen molar-refractivity contribution in [2.45, 2.75) is 11.5 Å². The highest BCUT2D eigenvalue weighted by Crippen LogP contribution is 2.51. The first kappa shape index (κ1) is 23.7. The number of hydrogen-bond donors (Lipinski definition) is 1. The Morgan fingerprint density at radius 1 is 0.967 bits per heavy atom. The predicted octanol–water partition coefficient (Wildman–Crippen LogP) is 2.76. The number of alkyl carbamates (subject to hydrolysis) is 1. The Bertz CT molecular complexity index is 960. The van der Waals surface area contributed by atoms with Crippen molar-refractivity contribution in [2.75, 3.05) is 26.2 Å². The Balaban J connectivity index is 1.82. The summed E-state index contributed by atoms with van der Waals surface area (Å²) in [6, 6.07) is 15.3. The zero-order chi connectivity index (χ0) is 22.2. The van der Waals surface area contributed by atoms with E-state index in [4.69, 9.17) is 13.1 Å². The molecule has 9 nitrogen and oxygen atoms in total. The lowest BCUT2D eigenvalue weighted by atomic mass is 10.2. The molecule has 2 aromatic carbocycles. The molecule has 0 aliphatic rings. The van der Waals surface area contributed by atoms with E-state index in [1.807, 2.05) is 30.3 Å². The predicted molar refractivity (Wildman–Crippen MR) is 111 cm³/mol. The Labute approximate surface area is 177 Å². The number of rotatable bonds is 9. The lowest BCUT2D eigenvalue weighted by Crippen LogP contribution is -2.32. The van der Waals surface area contributed by atoms with Gasteiger partial charge in [0.1, 0.15) is 18.9 Å². The van der Waals surface area contributed by atoms with Crippen molar-refractivity contribution in [1.29, 1.82) is 0 Å². The van der Waals surface area contributed by atoms with E-state index < -0.39 is 32.8 Å². The van der Waals surface area contributed by atoms with Gasteiger partial charge in [-0.3, -0.25) is 4.18 Å². The number of hydrogen-bond acceptors (Lipinski definition) is 8. The first-order valence-corrected chi connectivity index (χ1v) is 12.3. The zero-order valence-corrected chi connectivity index (χ0v) is 18.3. The van der Waals surface area contributed by atoms with Crippen LogP contribution < -0.4 is 10.1 Å². The average molecular weight is 458 g/mol. The summed E-state index contributed by atoms with van der Waals surface area (Å²) in [6.45, 7) is -0.288. The quantitative estimate of drug-likeness (QED) is 0.451. The summed E-state index contributed by atoms with van der Waals surface area (Å²) in [5.74, 6) is -0.461. The van der Waals surface area contributed by atoms with Crippen molar-refractivity contribution in [1.82, 2.24) is 5.32 Å². The van der Waals surface area contributed by atoms with Crippen LogP contribution >= 0.6 is 10.3 Å². The van der Waals surface area contributed by atoms with Crippen LogP contribution in [0.4, 0.5) is 4.79 Å². The average Bonchev–Trinajstić information content (AvgIpc) is 2.71. The molecular weight excluding hydrogens is 434 g/mol. The number of nitrogens with one attached hydrogen (secondary N) is 1. The highest BCUT2D eigenvalue weighted by molar-refractivity contribution is 8.31. The summed E-state index contributed by atoms with van der Waals surface area (Å²) >= 11 is 0. The van der Waals surface area contributed by atoms with Crippen LogP contribution in [0.15, 0.2) is 59.5 Å². The van der Waals surface area contributed by atoms with Crippen LogP contribution in [0.3, 0.4) is 0 Å². The van der Waals surface area contributed by atoms with Crippen molar-refractivity contribution >= 4 is 32.8 Å². The zero-order valence-electron chi connectivity index (χ0n) is 16.7. The fourth-order valence-corrected chi connectivity index (χ4v) is 5.19. The van der Waals surface area contributed by atoms with E-state index in [0.717, 1.165) is 12.7 Å². The van der Waals surface area contributed by atoms with Crippen LogP contribution in [0.1, 0.15) is 5.56 Å². The molecule has 0 saturated heterocycles. The fourth-order valence-electron chi connectivity index (χ4n) is 2.20. The molecule has 1 N–H and O–H groups in total. The molecule has 11 heteroatoms. The summed E-state index contributed by atoms with van der Waals surface area (Å²) in [6.07, 6.45) is 2.53. The summed E-state index contributed by atoms with van der Waals surface area (Å²) in [5, 5.41) is 2.31. The van der Waals surface area contributed by atoms with Crippen molar-refractivity contribution in [3.8, 4) is 5.75 Å². The minimum atomic E-state index is -4.09. The van der Waals surface area contributed by atoms with Crippen molar-refractivity contribution in [2.24, 2.45) is 0 Å². The Hall–Kier alpha value is -2.60. The van der Waals surface area contributed by atoms with E-state index in [1.165, 1.54) is 12.1 Å². The van der Waals surface area contributed by atoms with Gasteiger partial charge in [0.2, 0.25) is 0 Å². The van der Waals surface area contributed by atoms with Crippen LogP contribution in [-0.2, 0) is 34.3 Å². The van der Waals surface area contributed by atoms with E-state index in [9.17, 15) is 18.0 Å². The molecule has 0 bridgehead atoms. The van der Waals surface area contributed by atoms with Gasteiger partial charge < -0.3 is 14.8 Å². The highest BCUT2D eigenvalue weighted by atomic mass is 32.3. The smallest absolute Gasteiger partial charge is 0.409 e. The van der Waals surface area contributed by atoms with Crippen LogP contribution in [0.25, 0.3) is 0 Å². The summed E-state index contributed by atoms with van der Waals surface area (Å²) < 4.78 is 42.6. The third kappa shape index (κ3) is 7.67. The fraction of sp³-hybridized carbons (Fsp3) is 0.263. The SMILES string of the molecule is COS(=O)(=O)OS(C)(C)c1ccc(OC(=O)CNC(=O)OCc2ccccc2)cc1. The number of carbonyl (C=O) groups is 2. The summed E-state index contributed by atoms with van der Waals surface area (Å²) in [5.41, 5.74) is 0.822. The minimum Gasteiger partial charge on any atom is -0.445 e. The number of benzene rings is 2. The third-order valence-electron chi connectivity index (χ3n) is 3.67. The van der Waals surface area contributed by atoms with E-state index >= 15 is 0 Å². The number of carbonyl (C=O) groups excluding carboxylic acids is 2. The molecule has 2 aromatic rings. The molecule has 0 spiro atoms. The van der Waals surface area contributed by atoms with Crippen molar-refractivity contribution < 1.29 is 35.3 Å². The molecule has 2 rings (SSSR count). The molecule has 0 aromatic heterocycles. The molecule has 1 amide bonds. The standard InChI is InChI=1S/C19H23NO8S2/c1-25-30(23,24)28-29(2,3)17-11-9-16(10-12-17)27-18(21)13-20-19(22)26-14-15-7-5-4-6-8-15/h4-12H,13-14H2,1-3H3,(H,20,22). The van der Waals surface area contributed by atoms with Gasteiger partial charge in [0, 0.05) is 4.90 Å². The van der Waals surface area contributed by atoms with Gasteiger partial charge in [-0.2, -0.15) is 12.0 Å². The number of esters is 1. The van der Waals surface area contributed by atoms with E-state index in [-0.39, 0.29) is 18.9 Å². The second kappa shape index (κ2) is 10.4. The first-order chi connectivity index (χ1) is 14.1. The van der Waals surface area contributed by atoms with E-state index in [0.29, 0.717) is 4.90 Å². The molecule has 30 heavy (non-hydrogen) atoms.